The Morgan fingerprint density at radius 1 is 1.21 bits per heavy atom. The summed E-state index contributed by atoms with van der Waals surface area (Å²) in [5, 5.41) is 10.4. The molecule has 2 aromatic heterocycles. The van der Waals surface area contributed by atoms with Crippen LogP contribution in [0.2, 0.25) is 5.02 Å². The first-order chi connectivity index (χ1) is 14.0. The largest absolute Gasteiger partial charge is 0.423 e. The van der Waals surface area contributed by atoms with Crippen molar-refractivity contribution in [2.75, 3.05) is 5.84 Å². The summed E-state index contributed by atoms with van der Waals surface area (Å²) in [6.07, 6.45) is 0.756. The predicted molar refractivity (Wildman–Crippen MR) is 120 cm³/mol. The number of benzene rings is 2. The first kappa shape index (κ1) is 20.0. The van der Waals surface area contributed by atoms with Crippen LogP contribution in [0.4, 0.5) is 0 Å². The molecule has 29 heavy (non-hydrogen) atoms. The summed E-state index contributed by atoms with van der Waals surface area (Å²) in [7, 11) is 0. The van der Waals surface area contributed by atoms with Gasteiger partial charge < -0.3 is 10.3 Å². The quantitative estimate of drug-likeness (QED) is 0.239. The highest BCUT2D eigenvalue weighted by Gasteiger charge is 2.16. The van der Waals surface area contributed by atoms with Gasteiger partial charge in [0.05, 0.1) is 0 Å². The van der Waals surface area contributed by atoms with Crippen LogP contribution in [-0.2, 0) is 12.2 Å². The third-order valence-electron chi connectivity index (χ3n) is 4.51. The number of hydrogen-bond acceptors (Lipinski definition) is 6. The summed E-state index contributed by atoms with van der Waals surface area (Å²) >= 11 is 11.3. The van der Waals surface area contributed by atoms with Crippen molar-refractivity contribution in [1.82, 2.24) is 14.9 Å². The molecule has 6 nitrogen and oxygen atoms in total. The summed E-state index contributed by atoms with van der Waals surface area (Å²) in [5.41, 5.74) is 2.71. The monoisotopic (exact) mass is 490 g/mol. The van der Waals surface area contributed by atoms with Crippen LogP contribution in [-0.4, -0.2) is 14.9 Å². The van der Waals surface area contributed by atoms with Gasteiger partial charge in [-0.05, 0) is 41.8 Å². The van der Waals surface area contributed by atoms with E-state index in [2.05, 4.69) is 26.1 Å². The maximum Gasteiger partial charge on any atom is 0.336 e. The number of halogens is 2. The van der Waals surface area contributed by atoms with Crippen molar-refractivity contribution in [3.63, 3.8) is 0 Å². The van der Waals surface area contributed by atoms with Crippen LogP contribution in [0, 0.1) is 0 Å². The van der Waals surface area contributed by atoms with Crippen molar-refractivity contribution in [3.05, 3.63) is 73.5 Å². The molecule has 9 heteroatoms. The molecule has 2 aromatic carbocycles. The van der Waals surface area contributed by atoms with Gasteiger partial charge in [0, 0.05) is 32.3 Å². The Morgan fingerprint density at radius 3 is 2.76 bits per heavy atom. The first-order valence-electron chi connectivity index (χ1n) is 8.81. The Hall–Kier alpha value is -2.29. The number of thioether (sulfide) groups is 1. The van der Waals surface area contributed by atoms with Crippen molar-refractivity contribution in [2.24, 2.45) is 0 Å². The van der Waals surface area contributed by atoms with Crippen LogP contribution in [0.1, 0.15) is 18.1 Å². The number of nitrogens with zero attached hydrogens (tertiary/aromatic N) is 3. The zero-order valence-electron chi connectivity index (χ0n) is 15.4. The molecular formula is C20H16BrClN4O2S. The fourth-order valence-electron chi connectivity index (χ4n) is 3.02. The van der Waals surface area contributed by atoms with Gasteiger partial charge in [-0.15, -0.1) is 10.2 Å². The number of nitrogens with two attached hydrogens (primary N) is 1. The molecule has 0 aliphatic carbocycles. The lowest BCUT2D eigenvalue weighted by molar-refractivity contribution is 0.559. The second-order valence-corrected chi connectivity index (χ2v) is 8.53. The highest BCUT2D eigenvalue weighted by molar-refractivity contribution is 9.10. The van der Waals surface area contributed by atoms with E-state index in [1.807, 2.05) is 43.3 Å². The van der Waals surface area contributed by atoms with Crippen LogP contribution < -0.4 is 11.5 Å². The van der Waals surface area contributed by atoms with Crippen LogP contribution in [0.3, 0.4) is 0 Å². The van der Waals surface area contributed by atoms with Crippen molar-refractivity contribution >= 4 is 50.3 Å². The molecule has 0 saturated heterocycles. The number of rotatable bonds is 5. The van der Waals surface area contributed by atoms with E-state index in [1.54, 1.807) is 0 Å². The van der Waals surface area contributed by atoms with E-state index in [0.29, 0.717) is 27.3 Å². The zero-order valence-corrected chi connectivity index (χ0v) is 18.5. The molecule has 0 aliphatic rings. The zero-order chi connectivity index (χ0) is 20.5. The minimum Gasteiger partial charge on any atom is -0.423 e. The fourth-order valence-corrected chi connectivity index (χ4v) is 4.63. The molecule has 0 bridgehead atoms. The Balaban J connectivity index is 1.67. The molecule has 0 saturated carbocycles. The third-order valence-corrected chi connectivity index (χ3v) is 6.55. The van der Waals surface area contributed by atoms with Gasteiger partial charge in [-0.2, -0.15) is 0 Å². The number of aryl methyl sites for hydroxylation is 1. The number of aromatic nitrogens is 3. The van der Waals surface area contributed by atoms with Crippen molar-refractivity contribution in [1.29, 1.82) is 0 Å². The van der Waals surface area contributed by atoms with Crippen LogP contribution in [0.15, 0.2) is 61.3 Å². The molecule has 0 fully saturated rings. The molecule has 4 aromatic rings. The van der Waals surface area contributed by atoms with E-state index in [4.69, 9.17) is 21.9 Å². The van der Waals surface area contributed by atoms with E-state index in [1.165, 1.54) is 22.5 Å². The Morgan fingerprint density at radius 2 is 2.00 bits per heavy atom. The lowest BCUT2D eigenvalue weighted by atomic mass is 10.1. The van der Waals surface area contributed by atoms with Crippen LogP contribution in [0.25, 0.3) is 22.4 Å². The van der Waals surface area contributed by atoms with E-state index in [9.17, 15) is 4.79 Å². The Kier molecular flexibility index (Phi) is 5.67. The molecule has 2 heterocycles. The standard InChI is InChI=1S/C20H16BrClN4O2S/c1-2-11-7-17-14(9-16(11)22)12(8-18(27)28-17)10-29-20-25-24-19(26(20)23)13-5-3-4-6-15(13)21/h3-9H,2,10,23H2,1H3. The molecule has 0 aliphatic heterocycles. The molecule has 0 atom stereocenters. The molecule has 4 rings (SSSR count). The number of fused-ring (bicyclic) bond motifs is 1. The van der Waals surface area contributed by atoms with E-state index in [-0.39, 0.29) is 0 Å². The number of hydrogen-bond donors (Lipinski definition) is 1. The maximum atomic E-state index is 12.0. The summed E-state index contributed by atoms with van der Waals surface area (Å²) in [6, 6.07) is 12.8. The van der Waals surface area contributed by atoms with Crippen molar-refractivity contribution < 1.29 is 4.42 Å². The molecule has 148 valence electrons. The Bertz CT molecular complexity index is 1270. The average Bonchev–Trinajstić information content (AvgIpc) is 3.06. The highest BCUT2D eigenvalue weighted by Crippen LogP contribution is 2.31. The summed E-state index contributed by atoms with van der Waals surface area (Å²) in [5.74, 6) is 7.24. The summed E-state index contributed by atoms with van der Waals surface area (Å²) in [4.78, 5) is 12.0. The topological polar surface area (TPSA) is 86.9 Å². The smallest absolute Gasteiger partial charge is 0.336 e. The molecular weight excluding hydrogens is 476 g/mol. The molecule has 0 radical (unpaired) electrons. The molecule has 0 unspecified atom stereocenters. The van der Waals surface area contributed by atoms with Gasteiger partial charge in [-0.25, -0.2) is 9.47 Å². The van der Waals surface area contributed by atoms with E-state index >= 15 is 0 Å². The third kappa shape index (κ3) is 3.92. The highest BCUT2D eigenvalue weighted by atomic mass is 79.9. The fraction of sp³-hybridized carbons (Fsp3) is 0.150. The predicted octanol–water partition coefficient (Wildman–Crippen LogP) is 5.04. The van der Waals surface area contributed by atoms with E-state index < -0.39 is 5.63 Å². The maximum absolute atomic E-state index is 12.0. The van der Waals surface area contributed by atoms with Gasteiger partial charge >= 0.3 is 5.63 Å². The average molecular weight is 492 g/mol. The molecule has 2 N–H and O–H groups in total. The van der Waals surface area contributed by atoms with Crippen molar-refractivity contribution in [2.45, 2.75) is 24.3 Å². The lowest BCUT2D eigenvalue weighted by Gasteiger charge is -2.08. The van der Waals surface area contributed by atoms with Crippen LogP contribution in [0.5, 0.6) is 0 Å². The molecule has 0 amide bonds. The van der Waals surface area contributed by atoms with Crippen LogP contribution >= 0.6 is 39.3 Å². The van der Waals surface area contributed by atoms with Gasteiger partial charge in [0.15, 0.2) is 5.82 Å². The van der Waals surface area contributed by atoms with Gasteiger partial charge in [0.25, 0.3) is 0 Å². The lowest BCUT2D eigenvalue weighted by Crippen LogP contribution is -2.11. The normalized spacial score (nSPS) is 11.3. The Labute approximate surface area is 184 Å². The van der Waals surface area contributed by atoms with Gasteiger partial charge in [-0.3, -0.25) is 0 Å². The number of nitrogen functional groups attached to an aromatic ring is 1. The first-order valence-corrected chi connectivity index (χ1v) is 11.0. The second-order valence-electron chi connectivity index (χ2n) is 6.33. The van der Waals surface area contributed by atoms with Gasteiger partial charge in [-0.1, -0.05) is 58.3 Å². The van der Waals surface area contributed by atoms with Crippen molar-refractivity contribution in [3.8, 4) is 11.4 Å². The summed E-state index contributed by atoms with van der Waals surface area (Å²) in [6.45, 7) is 2.00. The van der Waals surface area contributed by atoms with E-state index in [0.717, 1.165) is 33.0 Å². The summed E-state index contributed by atoms with van der Waals surface area (Å²) < 4.78 is 7.69. The molecule has 0 spiro atoms. The second kappa shape index (κ2) is 8.22. The van der Waals surface area contributed by atoms with Gasteiger partial charge in [0.2, 0.25) is 5.16 Å². The minimum absolute atomic E-state index is 0.402. The SMILES string of the molecule is CCc1cc2oc(=O)cc(CSc3nnc(-c4ccccc4Br)n3N)c2cc1Cl. The minimum atomic E-state index is -0.402. The van der Waals surface area contributed by atoms with Gasteiger partial charge in [0.1, 0.15) is 5.58 Å².